The van der Waals surface area contributed by atoms with Crippen LogP contribution in [0.25, 0.3) is 0 Å². The largest absolute Gasteiger partial charge is 0.429 e. The van der Waals surface area contributed by atoms with Crippen LogP contribution in [0.1, 0.15) is 33.0 Å². The predicted octanol–water partition coefficient (Wildman–Crippen LogP) is 9.86. The third-order valence-electron chi connectivity index (χ3n) is 8.40. The van der Waals surface area contributed by atoms with Gasteiger partial charge in [-0.25, -0.2) is 13.2 Å². The number of Topliss-reactive ketones (excluding diaryl/α,β-unsaturated/α-hetero) is 1. The summed E-state index contributed by atoms with van der Waals surface area (Å²) in [5.74, 6) is -42.1. The Kier molecular flexibility index (Phi) is 10.2. The number of halogens is 18. The average Bonchev–Trinajstić information content (AvgIpc) is 3.64. The highest BCUT2D eigenvalue weighted by Crippen LogP contribution is 2.66. The number of hydrogen-bond acceptors (Lipinski definition) is 4. The van der Waals surface area contributed by atoms with Crippen molar-refractivity contribution >= 4 is 63.8 Å². The second-order valence-corrected chi connectivity index (χ2v) is 13.8. The first-order valence-corrected chi connectivity index (χ1v) is 15.6. The smallest absolute Gasteiger partial charge is 0.326 e. The van der Waals surface area contributed by atoms with Crippen molar-refractivity contribution in [2.45, 2.75) is 52.6 Å². The fourth-order valence-corrected chi connectivity index (χ4v) is 6.49. The highest BCUT2D eigenvalue weighted by molar-refractivity contribution is 6.53. The van der Waals surface area contributed by atoms with Crippen LogP contribution in [0.15, 0.2) is 48.5 Å². The molecule has 55 heavy (non-hydrogen) atoms. The van der Waals surface area contributed by atoms with E-state index in [1.165, 1.54) is 0 Å². The molecule has 3 aromatic carbocycles. The van der Waals surface area contributed by atoms with E-state index in [2.05, 4.69) is 10.1 Å². The van der Waals surface area contributed by atoms with E-state index < -0.39 is 121 Å². The molecule has 0 spiro atoms. The minimum absolute atomic E-state index is 0.192. The molecule has 0 radical (unpaired) electrons. The normalized spacial score (nSPS) is 24.5. The van der Waals surface area contributed by atoms with Gasteiger partial charge in [0.1, 0.15) is 21.7 Å². The minimum atomic E-state index is -7.31. The number of ether oxygens (including phenoxy) is 1. The summed E-state index contributed by atoms with van der Waals surface area (Å²) in [6.07, 6.45) is -13.1. The number of amides is 2. The Labute approximate surface area is 310 Å². The number of hydrogen-bond donors (Lipinski definition) is 2. The highest BCUT2D eigenvalue weighted by atomic mass is 35.5. The Balaban J connectivity index is 1.35. The number of rotatable bonds is 8. The van der Waals surface area contributed by atoms with Crippen molar-refractivity contribution in [1.29, 1.82) is 0 Å². The van der Waals surface area contributed by atoms with Gasteiger partial charge in [0.15, 0.2) is 11.6 Å². The van der Waals surface area contributed by atoms with Crippen molar-refractivity contribution in [1.82, 2.24) is 0 Å². The monoisotopic (exact) mass is 868 g/mol. The number of anilines is 2. The van der Waals surface area contributed by atoms with Crippen LogP contribution in [-0.4, -0.2) is 51.7 Å². The second kappa shape index (κ2) is 13.3. The van der Waals surface area contributed by atoms with Gasteiger partial charge in [-0.2, -0.15) is 52.7 Å². The first-order chi connectivity index (χ1) is 24.9. The van der Waals surface area contributed by atoms with E-state index in [0.29, 0.717) is 23.5 Å². The molecular weight excluding hydrogens is 856 g/mol. The van der Waals surface area contributed by atoms with Crippen LogP contribution >= 0.6 is 34.8 Å². The van der Waals surface area contributed by atoms with Gasteiger partial charge in [0.25, 0.3) is 5.91 Å². The first kappa shape index (κ1) is 42.2. The molecule has 1 aliphatic heterocycles. The van der Waals surface area contributed by atoms with Gasteiger partial charge in [0.05, 0.1) is 16.5 Å². The highest BCUT2D eigenvalue weighted by Gasteiger charge is 2.94. The Morgan fingerprint density at radius 3 is 1.96 bits per heavy atom. The lowest BCUT2D eigenvalue weighted by Crippen LogP contribution is -2.78. The van der Waals surface area contributed by atoms with E-state index in [1.807, 2.05) is 0 Å². The van der Waals surface area contributed by atoms with Crippen molar-refractivity contribution in [3.63, 3.8) is 0 Å². The SMILES string of the molecule is O=C(Cc1ccc(F)c(NC(=O)C2(F)OC(F)(F)C(F)(F)C(F)(F)C2(F)F)c1F)c1cc(NC(=O)[C@H]2[C@H](c3ccc(F)c(C(F)(F)F)c3)C2(Cl)Cl)ccc1Cl. The van der Waals surface area contributed by atoms with Crippen molar-refractivity contribution in [3.8, 4) is 0 Å². The quantitative estimate of drug-likeness (QED) is 0.134. The number of carbonyl (C=O) groups excluding carboxylic acids is 3. The van der Waals surface area contributed by atoms with E-state index in [-0.39, 0.29) is 17.3 Å². The maximum absolute atomic E-state index is 15.3. The zero-order valence-corrected chi connectivity index (χ0v) is 28.2. The molecule has 1 unspecified atom stereocenters. The summed E-state index contributed by atoms with van der Waals surface area (Å²) in [5, 5.41) is 2.48. The van der Waals surface area contributed by atoms with E-state index in [9.17, 15) is 75.8 Å². The zero-order chi connectivity index (χ0) is 41.6. The van der Waals surface area contributed by atoms with Gasteiger partial charge < -0.3 is 10.6 Å². The van der Waals surface area contributed by atoms with E-state index in [0.717, 1.165) is 24.3 Å². The molecule has 3 aromatic rings. The van der Waals surface area contributed by atoms with Gasteiger partial charge >= 0.3 is 35.9 Å². The standard InChI is InChI=1S/C31H14Cl3F15N2O4/c32-15-4-3-12(50-23(53)20-19(25(20,33)34)10-1-5-16(35)14(7-10)27(39,40)41)9-13(15)18(52)8-11-2-6-17(36)22(21(11)37)51-24(54)26(38)28(42,43)29(44,45)30(46,47)31(48,49)55-26/h1-7,9,19-20H,8H2,(H,50,53)(H,51,54)/t19-,20+,26?/m0/s1. The summed E-state index contributed by atoms with van der Waals surface area (Å²) in [5.41, 5.74) is -5.76. The molecule has 24 heteroatoms. The summed E-state index contributed by atoms with van der Waals surface area (Å²) in [6.45, 7) is 0. The summed E-state index contributed by atoms with van der Waals surface area (Å²) in [7, 11) is 0. The van der Waals surface area contributed by atoms with Gasteiger partial charge in [0, 0.05) is 23.6 Å². The van der Waals surface area contributed by atoms with Gasteiger partial charge in [-0.1, -0.05) is 23.7 Å². The van der Waals surface area contributed by atoms with Crippen LogP contribution in [-0.2, 0) is 26.9 Å². The van der Waals surface area contributed by atoms with Crippen molar-refractivity contribution in [2.24, 2.45) is 5.92 Å². The van der Waals surface area contributed by atoms with Crippen LogP contribution in [0.5, 0.6) is 0 Å². The maximum Gasteiger partial charge on any atom is 0.429 e. The molecule has 0 aromatic heterocycles. The van der Waals surface area contributed by atoms with Crippen molar-refractivity contribution < 1.29 is 85.0 Å². The minimum Gasteiger partial charge on any atom is -0.326 e. The summed E-state index contributed by atoms with van der Waals surface area (Å²) in [4.78, 5) is 38.4. The van der Waals surface area contributed by atoms with Gasteiger partial charge in [-0.3, -0.25) is 19.1 Å². The molecule has 1 heterocycles. The van der Waals surface area contributed by atoms with Crippen molar-refractivity contribution in [2.75, 3.05) is 10.6 Å². The Hall–Kier alpha value is -3.95. The van der Waals surface area contributed by atoms with Crippen LogP contribution < -0.4 is 10.6 Å². The number of alkyl halides is 14. The fraction of sp³-hybridized carbons (Fsp3) is 0.323. The lowest BCUT2D eigenvalue weighted by molar-refractivity contribution is -0.523. The molecule has 2 N–H and O–H groups in total. The molecule has 298 valence electrons. The lowest BCUT2D eigenvalue weighted by Gasteiger charge is -2.46. The molecule has 1 saturated heterocycles. The second-order valence-electron chi connectivity index (χ2n) is 11.9. The van der Waals surface area contributed by atoms with Gasteiger partial charge in [-0.15, -0.1) is 23.2 Å². The first-order valence-electron chi connectivity index (χ1n) is 14.5. The Morgan fingerprint density at radius 1 is 0.764 bits per heavy atom. The molecule has 2 amide bonds. The number of carbonyl (C=O) groups is 3. The maximum atomic E-state index is 15.3. The summed E-state index contributed by atoms with van der Waals surface area (Å²) >= 11 is 18.3. The van der Waals surface area contributed by atoms with E-state index >= 15 is 4.39 Å². The Morgan fingerprint density at radius 2 is 1.36 bits per heavy atom. The van der Waals surface area contributed by atoms with E-state index in [1.54, 1.807) is 0 Å². The molecule has 1 saturated carbocycles. The molecule has 0 bridgehead atoms. The van der Waals surface area contributed by atoms with Crippen LogP contribution in [0.3, 0.4) is 0 Å². The van der Waals surface area contributed by atoms with Gasteiger partial charge in [0.2, 0.25) is 5.91 Å². The van der Waals surface area contributed by atoms with Crippen LogP contribution in [0.4, 0.5) is 77.2 Å². The molecule has 1 aliphatic carbocycles. The third kappa shape index (κ3) is 6.73. The third-order valence-corrected chi connectivity index (χ3v) is 9.67. The molecule has 6 nitrogen and oxygen atoms in total. The lowest BCUT2D eigenvalue weighted by atomic mass is 9.92. The fourth-order valence-electron chi connectivity index (χ4n) is 5.44. The molecule has 5 rings (SSSR count). The number of ketones is 1. The topological polar surface area (TPSA) is 84.5 Å². The van der Waals surface area contributed by atoms with Gasteiger partial charge in [-0.05, 0) is 47.5 Å². The zero-order valence-electron chi connectivity index (χ0n) is 25.9. The number of benzene rings is 3. The molecular formula is C31H14Cl3F15N2O4. The predicted molar refractivity (Wildman–Crippen MR) is 160 cm³/mol. The summed E-state index contributed by atoms with van der Waals surface area (Å²) < 4.78 is 209. The van der Waals surface area contributed by atoms with Crippen molar-refractivity contribution in [3.05, 3.63) is 93.3 Å². The summed E-state index contributed by atoms with van der Waals surface area (Å²) in [6, 6.07) is 5.42. The van der Waals surface area contributed by atoms with Crippen LogP contribution in [0.2, 0.25) is 5.02 Å². The molecule has 3 atom stereocenters. The molecule has 2 aliphatic rings. The molecule has 2 fully saturated rings. The average molecular weight is 870 g/mol. The number of nitrogens with one attached hydrogen (secondary N) is 2. The van der Waals surface area contributed by atoms with Crippen LogP contribution in [0, 0.1) is 23.4 Å². The van der Waals surface area contributed by atoms with E-state index in [4.69, 9.17) is 34.8 Å². The Bertz CT molecular complexity index is 2120.